The van der Waals surface area contributed by atoms with Crippen LogP contribution in [0.1, 0.15) is 29.8 Å². The monoisotopic (exact) mass is 230 g/mol. The lowest BCUT2D eigenvalue weighted by Gasteiger charge is -2.10. The highest BCUT2D eigenvalue weighted by atomic mass is 16.3. The van der Waals surface area contributed by atoms with Gasteiger partial charge in [0.25, 0.3) is 0 Å². The average Bonchev–Trinajstić information content (AvgIpc) is 2.72. The second kappa shape index (κ2) is 5.15. The molecular weight excluding hydrogens is 212 g/mol. The molecule has 0 spiro atoms. The largest absolute Gasteiger partial charge is 0.388 e. The molecule has 0 aliphatic carbocycles. The van der Waals surface area contributed by atoms with Crippen LogP contribution in [0.4, 0.5) is 0 Å². The Bertz CT molecular complexity index is 476. The Balaban J connectivity index is 2.17. The first-order valence-corrected chi connectivity index (χ1v) is 5.95. The first kappa shape index (κ1) is 11.9. The Morgan fingerprint density at radius 2 is 2.00 bits per heavy atom. The van der Waals surface area contributed by atoms with Crippen molar-refractivity contribution in [3.8, 4) is 0 Å². The van der Waals surface area contributed by atoms with Crippen molar-refractivity contribution in [3.05, 3.63) is 53.3 Å². The molecule has 1 N–H and O–H groups in total. The summed E-state index contributed by atoms with van der Waals surface area (Å²) in [6.45, 7) is 2.06. The topological polar surface area (TPSA) is 38.0 Å². The van der Waals surface area contributed by atoms with Crippen molar-refractivity contribution in [1.29, 1.82) is 0 Å². The van der Waals surface area contributed by atoms with Gasteiger partial charge in [-0.15, -0.1) is 0 Å². The number of aliphatic hydroxyl groups excluding tert-OH is 1. The van der Waals surface area contributed by atoms with Crippen LogP contribution in [0.15, 0.2) is 36.5 Å². The molecule has 0 radical (unpaired) electrons. The maximum atomic E-state index is 10.2. The summed E-state index contributed by atoms with van der Waals surface area (Å²) < 4.78 is 1.77. The fraction of sp³-hybridized carbons (Fsp3) is 0.357. The fourth-order valence-electron chi connectivity index (χ4n) is 2.05. The van der Waals surface area contributed by atoms with Gasteiger partial charge in [0.15, 0.2) is 0 Å². The maximum absolute atomic E-state index is 10.2. The van der Waals surface area contributed by atoms with Gasteiger partial charge in [-0.05, 0) is 12.0 Å². The molecule has 2 aromatic rings. The molecule has 0 saturated heterocycles. The number of hydrogen-bond donors (Lipinski definition) is 1. The van der Waals surface area contributed by atoms with Crippen LogP contribution in [-0.4, -0.2) is 14.9 Å². The molecule has 3 nitrogen and oxygen atoms in total. The van der Waals surface area contributed by atoms with Crippen molar-refractivity contribution in [2.45, 2.75) is 25.9 Å². The molecule has 90 valence electrons. The Morgan fingerprint density at radius 3 is 2.65 bits per heavy atom. The van der Waals surface area contributed by atoms with E-state index in [1.54, 1.807) is 4.68 Å². The standard InChI is InChI=1S/C14H18N2O/c1-3-13-12(10-16(2)15-13)14(17)9-11-7-5-4-6-8-11/h4-8,10,14,17H,3,9H2,1-2H3. The molecule has 0 saturated carbocycles. The van der Waals surface area contributed by atoms with Crippen LogP contribution < -0.4 is 0 Å². The van der Waals surface area contributed by atoms with Crippen LogP contribution in [0, 0.1) is 0 Å². The van der Waals surface area contributed by atoms with E-state index in [0.29, 0.717) is 6.42 Å². The minimum atomic E-state index is -0.471. The van der Waals surface area contributed by atoms with E-state index in [9.17, 15) is 5.11 Å². The molecule has 17 heavy (non-hydrogen) atoms. The molecule has 3 heteroatoms. The van der Waals surface area contributed by atoms with Crippen molar-refractivity contribution < 1.29 is 5.11 Å². The van der Waals surface area contributed by atoms with Gasteiger partial charge in [0.2, 0.25) is 0 Å². The zero-order valence-corrected chi connectivity index (χ0v) is 10.3. The number of aromatic nitrogens is 2. The van der Waals surface area contributed by atoms with Crippen molar-refractivity contribution in [2.75, 3.05) is 0 Å². The van der Waals surface area contributed by atoms with E-state index in [1.165, 1.54) is 0 Å². The first-order chi connectivity index (χ1) is 8.20. The summed E-state index contributed by atoms with van der Waals surface area (Å²) in [7, 11) is 1.89. The van der Waals surface area contributed by atoms with E-state index in [1.807, 2.05) is 43.6 Å². The molecule has 1 heterocycles. The lowest BCUT2D eigenvalue weighted by Crippen LogP contribution is -2.03. The van der Waals surface area contributed by atoms with Gasteiger partial charge in [-0.2, -0.15) is 5.10 Å². The van der Waals surface area contributed by atoms with Crippen LogP contribution in [0.25, 0.3) is 0 Å². The number of aliphatic hydroxyl groups is 1. The van der Waals surface area contributed by atoms with Gasteiger partial charge in [-0.1, -0.05) is 37.3 Å². The zero-order valence-electron chi connectivity index (χ0n) is 10.3. The highest BCUT2D eigenvalue weighted by molar-refractivity contribution is 5.24. The summed E-state index contributed by atoms with van der Waals surface area (Å²) in [6.07, 6.45) is 2.93. The fourth-order valence-corrected chi connectivity index (χ4v) is 2.05. The van der Waals surface area contributed by atoms with E-state index < -0.39 is 6.10 Å². The number of aryl methyl sites for hydroxylation is 2. The summed E-state index contributed by atoms with van der Waals surface area (Å²) in [5.41, 5.74) is 3.07. The van der Waals surface area contributed by atoms with Gasteiger partial charge in [-0.25, -0.2) is 0 Å². The number of rotatable bonds is 4. The number of nitrogens with zero attached hydrogens (tertiary/aromatic N) is 2. The lowest BCUT2D eigenvalue weighted by atomic mass is 10.0. The highest BCUT2D eigenvalue weighted by Gasteiger charge is 2.15. The lowest BCUT2D eigenvalue weighted by molar-refractivity contribution is 0.177. The Hall–Kier alpha value is -1.61. The van der Waals surface area contributed by atoms with Gasteiger partial charge >= 0.3 is 0 Å². The van der Waals surface area contributed by atoms with Crippen LogP contribution >= 0.6 is 0 Å². The highest BCUT2D eigenvalue weighted by Crippen LogP contribution is 2.21. The maximum Gasteiger partial charge on any atom is 0.0863 e. The molecule has 0 aliphatic rings. The van der Waals surface area contributed by atoms with Gasteiger partial charge in [0, 0.05) is 25.2 Å². The van der Waals surface area contributed by atoms with Gasteiger partial charge in [0.05, 0.1) is 11.8 Å². The summed E-state index contributed by atoms with van der Waals surface area (Å²) in [6, 6.07) is 10.0. The SMILES string of the molecule is CCc1nn(C)cc1C(O)Cc1ccccc1. The van der Waals surface area contributed by atoms with Crippen molar-refractivity contribution in [1.82, 2.24) is 9.78 Å². The molecule has 1 atom stereocenters. The van der Waals surface area contributed by atoms with E-state index in [2.05, 4.69) is 12.0 Å². The number of benzene rings is 1. The van der Waals surface area contributed by atoms with E-state index in [0.717, 1.165) is 23.2 Å². The molecule has 1 unspecified atom stereocenters. The average molecular weight is 230 g/mol. The molecule has 2 rings (SSSR count). The summed E-state index contributed by atoms with van der Waals surface area (Å²) in [5, 5.41) is 14.6. The molecule has 0 aliphatic heterocycles. The van der Waals surface area contributed by atoms with Gasteiger partial charge < -0.3 is 5.11 Å². The van der Waals surface area contributed by atoms with Crippen LogP contribution in [-0.2, 0) is 19.9 Å². The second-order valence-electron chi connectivity index (χ2n) is 4.26. The predicted octanol–water partition coefficient (Wildman–Crippen LogP) is 2.26. The molecule has 1 aromatic heterocycles. The third-order valence-corrected chi connectivity index (χ3v) is 2.90. The van der Waals surface area contributed by atoms with Crippen LogP contribution in [0.5, 0.6) is 0 Å². The summed E-state index contributed by atoms with van der Waals surface area (Å²) in [5.74, 6) is 0. The Kier molecular flexibility index (Phi) is 3.59. The quantitative estimate of drug-likeness (QED) is 0.875. The third kappa shape index (κ3) is 2.74. The first-order valence-electron chi connectivity index (χ1n) is 5.95. The van der Waals surface area contributed by atoms with Crippen LogP contribution in [0.3, 0.4) is 0 Å². The zero-order chi connectivity index (χ0) is 12.3. The normalized spacial score (nSPS) is 12.6. The summed E-state index contributed by atoms with van der Waals surface area (Å²) >= 11 is 0. The van der Waals surface area contributed by atoms with Crippen LogP contribution in [0.2, 0.25) is 0 Å². The van der Waals surface area contributed by atoms with E-state index in [4.69, 9.17) is 0 Å². The van der Waals surface area contributed by atoms with Crippen molar-refractivity contribution >= 4 is 0 Å². The molecule has 1 aromatic carbocycles. The van der Waals surface area contributed by atoms with Crippen molar-refractivity contribution in [3.63, 3.8) is 0 Å². The Morgan fingerprint density at radius 1 is 1.29 bits per heavy atom. The molecule has 0 bridgehead atoms. The Labute approximate surface area is 102 Å². The van der Waals surface area contributed by atoms with E-state index >= 15 is 0 Å². The smallest absolute Gasteiger partial charge is 0.0863 e. The van der Waals surface area contributed by atoms with E-state index in [-0.39, 0.29) is 0 Å². The number of hydrogen-bond acceptors (Lipinski definition) is 2. The predicted molar refractivity (Wildman–Crippen MR) is 67.7 cm³/mol. The second-order valence-corrected chi connectivity index (χ2v) is 4.26. The minimum Gasteiger partial charge on any atom is -0.388 e. The third-order valence-electron chi connectivity index (χ3n) is 2.90. The molecular formula is C14H18N2O. The minimum absolute atomic E-state index is 0.471. The molecule has 0 fully saturated rings. The van der Waals surface area contributed by atoms with Gasteiger partial charge in [-0.3, -0.25) is 4.68 Å². The van der Waals surface area contributed by atoms with Gasteiger partial charge in [0.1, 0.15) is 0 Å². The molecule has 0 amide bonds. The summed E-state index contributed by atoms with van der Waals surface area (Å²) in [4.78, 5) is 0. The van der Waals surface area contributed by atoms with Crippen molar-refractivity contribution in [2.24, 2.45) is 7.05 Å².